The summed E-state index contributed by atoms with van der Waals surface area (Å²) in [4.78, 5) is 0. The summed E-state index contributed by atoms with van der Waals surface area (Å²) in [6.45, 7) is 12.7. The quantitative estimate of drug-likeness (QED) is 0.235. The molecule has 32 heavy (non-hydrogen) atoms. The second-order valence-corrected chi connectivity index (χ2v) is 8.86. The normalized spacial score (nSPS) is 10.2. The van der Waals surface area contributed by atoms with Gasteiger partial charge in [0.1, 0.15) is 0 Å². The van der Waals surface area contributed by atoms with E-state index in [1.165, 1.54) is 54.9 Å². The molecule has 0 heterocycles. The van der Waals surface area contributed by atoms with E-state index in [4.69, 9.17) is 0 Å². The lowest BCUT2D eigenvalue weighted by molar-refractivity contribution is 1.40. The summed E-state index contributed by atoms with van der Waals surface area (Å²) >= 11 is 0. The lowest BCUT2D eigenvalue weighted by atomic mass is 10.1. The zero-order chi connectivity index (χ0) is 23.1. The van der Waals surface area contributed by atoms with E-state index in [2.05, 4.69) is 139 Å². The van der Waals surface area contributed by atoms with Crippen LogP contribution in [0.2, 0.25) is 0 Å². The predicted octanol–water partition coefficient (Wildman–Crippen LogP) is 9.22. The van der Waals surface area contributed by atoms with Gasteiger partial charge in [0.05, 0.1) is 0 Å². The molecule has 0 bridgehead atoms. The minimum atomic E-state index is 1.33. The van der Waals surface area contributed by atoms with Crippen molar-refractivity contribution >= 4 is 21.5 Å². The molecule has 0 heteroatoms. The fraction of sp³-hybridized carbons (Fsp3) is 0.188. The number of benzene rings is 5. The first kappa shape index (κ1) is 23.3. The zero-order valence-electron chi connectivity index (χ0n) is 20.2. The van der Waals surface area contributed by atoms with Gasteiger partial charge in [-0.05, 0) is 63.1 Å². The lowest BCUT2D eigenvalue weighted by Crippen LogP contribution is -1.76. The molecule has 0 radical (unpaired) electrons. The smallest absolute Gasteiger partial charge is 0.0179 e. The molecule has 0 spiro atoms. The topological polar surface area (TPSA) is 0 Å². The Hall–Kier alpha value is -3.38. The fourth-order valence-corrected chi connectivity index (χ4v) is 3.61. The van der Waals surface area contributed by atoms with Gasteiger partial charge in [-0.1, -0.05) is 130 Å². The molecule has 0 fully saturated rings. The first-order valence-electron chi connectivity index (χ1n) is 11.3. The van der Waals surface area contributed by atoms with Crippen LogP contribution < -0.4 is 0 Å². The van der Waals surface area contributed by atoms with Gasteiger partial charge in [-0.3, -0.25) is 0 Å². The number of hydrogen-bond acceptors (Lipinski definition) is 0. The van der Waals surface area contributed by atoms with Crippen LogP contribution in [0.1, 0.15) is 33.4 Å². The van der Waals surface area contributed by atoms with Crippen molar-refractivity contribution in [2.45, 2.75) is 41.5 Å². The SMILES string of the molecule is Cc1ccc(C)cc1.Cc1ccc2cc(C)ccc2c1.Cc1ccc2ccc(C)cc2c1. The third-order valence-corrected chi connectivity index (χ3v) is 5.52. The average molecular weight is 419 g/mol. The number of aryl methyl sites for hydroxylation is 6. The molecule has 5 aromatic carbocycles. The molecular formula is C32H34. The van der Waals surface area contributed by atoms with E-state index in [1.54, 1.807) is 0 Å². The van der Waals surface area contributed by atoms with E-state index >= 15 is 0 Å². The van der Waals surface area contributed by atoms with Crippen molar-refractivity contribution in [3.8, 4) is 0 Å². The van der Waals surface area contributed by atoms with Crippen molar-refractivity contribution < 1.29 is 0 Å². The molecule has 0 N–H and O–H groups in total. The first-order chi connectivity index (χ1) is 15.3. The van der Waals surface area contributed by atoms with Gasteiger partial charge in [-0.2, -0.15) is 0 Å². The standard InChI is InChI=1S/2C12H12.C8H10/c1-9-3-5-12-8-10(2)4-6-11(12)7-9;1-9-3-5-11-6-4-10(2)8-12(11)7-9;1-7-3-5-8(2)6-4-7/h2*3-8H,1-2H3;3-6H,1-2H3. The summed E-state index contributed by atoms with van der Waals surface area (Å²) in [7, 11) is 0. The van der Waals surface area contributed by atoms with Crippen LogP contribution in [0.4, 0.5) is 0 Å². The Kier molecular flexibility index (Phi) is 7.84. The van der Waals surface area contributed by atoms with E-state index in [0.717, 1.165) is 0 Å². The summed E-state index contributed by atoms with van der Waals surface area (Å²) < 4.78 is 0. The highest BCUT2D eigenvalue weighted by atomic mass is 14.0. The van der Waals surface area contributed by atoms with E-state index < -0.39 is 0 Å². The molecule has 0 aromatic heterocycles. The highest BCUT2D eigenvalue weighted by Crippen LogP contribution is 2.17. The molecule has 0 atom stereocenters. The maximum atomic E-state index is 2.22. The molecule has 0 aliphatic heterocycles. The van der Waals surface area contributed by atoms with E-state index in [-0.39, 0.29) is 0 Å². The molecule has 162 valence electrons. The number of fused-ring (bicyclic) bond motifs is 2. The van der Waals surface area contributed by atoms with Crippen LogP contribution in [0.3, 0.4) is 0 Å². The molecule has 5 aromatic rings. The molecule has 0 nitrogen and oxygen atoms in total. The van der Waals surface area contributed by atoms with Gasteiger partial charge in [-0.15, -0.1) is 0 Å². The van der Waals surface area contributed by atoms with Gasteiger partial charge >= 0.3 is 0 Å². The Labute approximate surface area is 193 Å². The minimum absolute atomic E-state index is 1.33. The van der Waals surface area contributed by atoms with Gasteiger partial charge < -0.3 is 0 Å². The largest absolute Gasteiger partial charge is 0.0591 e. The molecule has 0 aliphatic carbocycles. The Bertz CT molecular complexity index is 1210. The van der Waals surface area contributed by atoms with E-state index in [1.807, 2.05) is 0 Å². The minimum Gasteiger partial charge on any atom is -0.0591 e. The van der Waals surface area contributed by atoms with Crippen LogP contribution in [-0.4, -0.2) is 0 Å². The number of rotatable bonds is 0. The average Bonchev–Trinajstić information content (AvgIpc) is 2.76. The predicted molar refractivity (Wildman–Crippen MR) is 143 cm³/mol. The molecule has 5 rings (SSSR count). The fourth-order valence-electron chi connectivity index (χ4n) is 3.61. The highest BCUT2D eigenvalue weighted by Gasteiger charge is 1.93. The second kappa shape index (κ2) is 10.8. The van der Waals surface area contributed by atoms with Gasteiger partial charge in [0, 0.05) is 0 Å². The van der Waals surface area contributed by atoms with Crippen LogP contribution >= 0.6 is 0 Å². The monoisotopic (exact) mass is 418 g/mol. The summed E-state index contributed by atoms with van der Waals surface area (Å²) in [5.74, 6) is 0. The van der Waals surface area contributed by atoms with Crippen molar-refractivity contribution in [3.05, 3.63) is 130 Å². The Morgan fingerprint density at radius 1 is 0.250 bits per heavy atom. The van der Waals surface area contributed by atoms with Crippen molar-refractivity contribution in [3.63, 3.8) is 0 Å². The maximum Gasteiger partial charge on any atom is -0.0179 e. The van der Waals surface area contributed by atoms with Gasteiger partial charge in [0.25, 0.3) is 0 Å². The summed E-state index contributed by atoms with van der Waals surface area (Å²) in [6, 6.07) is 34.7. The molecule has 0 amide bonds. The lowest BCUT2D eigenvalue weighted by Gasteiger charge is -1.99. The third-order valence-electron chi connectivity index (χ3n) is 5.52. The molecule has 0 unspecified atom stereocenters. The first-order valence-corrected chi connectivity index (χ1v) is 11.3. The second-order valence-electron chi connectivity index (χ2n) is 8.86. The van der Waals surface area contributed by atoms with Gasteiger partial charge in [-0.25, -0.2) is 0 Å². The molecule has 0 saturated carbocycles. The van der Waals surface area contributed by atoms with Crippen LogP contribution in [0.15, 0.2) is 97.1 Å². The Morgan fingerprint density at radius 2 is 0.500 bits per heavy atom. The van der Waals surface area contributed by atoms with Gasteiger partial charge in [0.15, 0.2) is 0 Å². The van der Waals surface area contributed by atoms with Crippen LogP contribution in [-0.2, 0) is 0 Å². The van der Waals surface area contributed by atoms with Crippen molar-refractivity contribution in [1.29, 1.82) is 0 Å². The van der Waals surface area contributed by atoms with Crippen molar-refractivity contribution in [2.24, 2.45) is 0 Å². The molecule has 0 aliphatic rings. The Morgan fingerprint density at radius 3 is 0.844 bits per heavy atom. The summed E-state index contributed by atoms with van der Waals surface area (Å²) in [6.07, 6.45) is 0. The van der Waals surface area contributed by atoms with E-state index in [0.29, 0.717) is 0 Å². The van der Waals surface area contributed by atoms with Crippen LogP contribution in [0.25, 0.3) is 21.5 Å². The maximum absolute atomic E-state index is 2.22. The van der Waals surface area contributed by atoms with Crippen molar-refractivity contribution in [1.82, 2.24) is 0 Å². The third kappa shape index (κ3) is 6.82. The van der Waals surface area contributed by atoms with Crippen molar-refractivity contribution in [2.75, 3.05) is 0 Å². The zero-order valence-corrected chi connectivity index (χ0v) is 20.2. The van der Waals surface area contributed by atoms with E-state index in [9.17, 15) is 0 Å². The highest BCUT2D eigenvalue weighted by molar-refractivity contribution is 5.84. The summed E-state index contributed by atoms with van der Waals surface area (Å²) in [5.41, 5.74) is 7.96. The summed E-state index contributed by atoms with van der Waals surface area (Å²) in [5, 5.41) is 5.34. The Balaban J connectivity index is 0.000000139. The molecule has 0 saturated heterocycles. The molecular weight excluding hydrogens is 384 g/mol. The number of hydrogen-bond donors (Lipinski definition) is 0. The van der Waals surface area contributed by atoms with Gasteiger partial charge in [0.2, 0.25) is 0 Å². The van der Waals surface area contributed by atoms with Crippen LogP contribution in [0.5, 0.6) is 0 Å². The van der Waals surface area contributed by atoms with Crippen LogP contribution in [0, 0.1) is 41.5 Å².